The maximum atomic E-state index is 13.3. The Morgan fingerprint density at radius 3 is 2.24 bits per heavy atom. The molecule has 0 aliphatic heterocycles. The molecular weight excluding hydrogens is 441 g/mol. The van der Waals surface area contributed by atoms with E-state index in [1.165, 1.54) is 0 Å². The number of hydrogen-bond acceptors (Lipinski definition) is 3. The second kappa shape index (κ2) is 14.8. The monoisotopic (exact) mass is 490 g/mol. The van der Waals surface area contributed by atoms with E-state index < -0.39 is 18.1 Å². The van der Waals surface area contributed by atoms with Crippen LogP contribution in [0.2, 0.25) is 0 Å². The number of carbonyl (C=O) groups excluding carboxylic acids is 1. The molecule has 4 nitrogen and oxygen atoms in total. The van der Waals surface area contributed by atoms with Gasteiger partial charge in [-0.05, 0) is 58.8 Å². The van der Waals surface area contributed by atoms with Crippen LogP contribution in [0.1, 0.15) is 92.9 Å². The molecule has 0 fully saturated rings. The van der Waals surface area contributed by atoms with Gasteiger partial charge in [-0.1, -0.05) is 46.3 Å². The van der Waals surface area contributed by atoms with E-state index in [4.69, 9.17) is 4.74 Å². The predicted molar refractivity (Wildman–Crippen MR) is 136 cm³/mol. The van der Waals surface area contributed by atoms with Crippen molar-refractivity contribution in [3.63, 3.8) is 0 Å². The van der Waals surface area contributed by atoms with Crippen LogP contribution in [0.25, 0.3) is 0 Å². The number of nitrogens with one attached hydrogen (secondary N) is 1. The molecule has 0 heterocycles. The summed E-state index contributed by atoms with van der Waals surface area (Å²) in [4.78, 5) is 14.9. The molecule has 0 aromatic rings. The van der Waals surface area contributed by atoms with Gasteiger partial charge in [0.2, 0.25) is 5.91 Å². The molecule has 4 atom stereocenters. The van der Waals surface area contributed by atoms with Gasteiger partial charge in [-0.2, -0.15) is 13.2 Å². The number of allylic oxidation sites excluding steroid dienone is 1. The highest BCUT2D eigenvalue weighted by Crippen LogP contribution is 2.29. The summed E-state index contributed by atoms with van der Waals surface area (Å²) in [5, 5.41) is 3.23. The van der Waals surface area contributed by atoms with E-state index in [1.54, 1.807) is 11.9 Å². The number of halogens is 3. The molecule has 0 spiro atoms. The summed E-state index contributed by atoms with van der Waals surface area (Å²) in [7, 11) is 1.63. The molecular formula is C27H49F3N2O2. The fourth-order valence-electron chi connectivity index (χ4n) is 4.01. The van der Waals surface area contributed by atoms with Gasteiger partial charge in [-0.25, -0.2) is 0 Å². The second-order valence-electron chi connectivity index (χ2n) is 10.1. The fourth-order valence-corrected chi connectivity index (χ4v) is 4.01. The van der Waals surface area contributed by atoms with Crippen molar-refractivity contribution < 1.29 is 22.7 Å². The number of alkyl halides is 3. The summed E-state index contributed by atoms with van der Waals surface area (Å²) in [6.07, 6.45) is 2.02. The Morgan fingerprint density at radius 1 is 1.15 bits per heavy atom. The molecule has 0 radical (unpaired) electrons. The zero-order valence-electron chi connectivity index (χ0n) is 22.6. The average Bonchev–Trinajstić information content (AvgIpc) is 2.76. The number of unbranched alkanes of at least 4 members (excludes halogenated alkanes) is 1. The molecule has 1 amide bonds. The highest BCUT2D eigenvalue weighted by molar-refractivity contribution is 5.80. The lowest BCUT2D eigenvalue weighted by Crippen LogP contribution is -2.49. The third kappa shape index (κ3) is 12.3. The second-order valence-corrected chi connectivity index (χ2v) is 10.1. The highest BCUT2D eigenvalue weighted by atomic mass is 19.4. The summed E-state index contributed by atoms with van der Waals surface area (Å²) in [5.74, 6) is 0.0647. The first kappa shape index (κ1) is 32.5. The molecule has 0 bridgehead atoms. The fraction of sp³-hybridized carbons (Fsp3) is 0.815. The molecule has 0 saturated carbocycles. The van der Waals surface area contributed by atoms with Crippen LogP contribution in [0.5, 0.6) is 0 Å². The maximum absolute atomic E-state index is 13.3. The minimum absolute atomic E-state index is 0.0150. The standard InChI is InChI=1S/C27H49F3N2O2/c1-10-21(5)23(16-14-15-19-32(9)22(6)20-27(28,29)30)24(33)31-25(7,11-2)17-18-26(8,12-3)34-13-4/h11,21,23H,2,6,10,12-20H2,1,3-5,7-9H3,(H,31,33)/t21?,23?,25?,26-/m1/s1. The van der Waals surface area contributed by atoms with E-state index in [2.05, 4.69) is 46.2 Å². The van der Waals surface area contributed by atoms with Gasteiger partial charge in [0, 0.05) is 31.8 Å². The van der Waals surface area contributed by atoms with Crippen molar-refractivity contribution >= 4 is 5.91 Å². The molecule has 0 aromatic carbocycles. The topological polar surface area (TPSA) is 41.6 Å². The minimum atomic E-state index is -4.25. The Morgan fingerprint density at radius 2 is 1.76 bits per heavy atom. The van der Waals surface area contributed by atoms with Crippen LogP contribution in [-0.2, 0) is 9.53 Å². The van der Waals surface area contributed by atoms with Gasteiger partial charge in [0.25, 0.3) is 0 Å². The van der Waals surface area contributed by atoms with Crippen molar-refractivity contribution in [2.75, 3.05) is 20.2 Å². The lowest BCUT2D eigenvalue weighted by molar-refractivity contribution is -0.130. The number of hydrogen-bond donors (Lipinski definition) is 1. The zero-order valence-corrected chi connectivity index (χ0v) is 22.6. The van der Waals surface area contributed by atoms with Crippen LogP contribution in [0, 0.1) is 11.8 Å². The van der Waals surface area contributed by atoms with Crippen molar-refractivity contribution in [2.24, 2.45) is 11.8 Å². The Kier molecular flexibility index (Phi) is 14.1. The minimum Gasteiger partial charge on any atom is -0.378 e. The average molecular weight is 491 g/mol. The van der Waals surface area contributed by atoms with Crippen LogP contribution < -0.4 is 5.32 Å². The van der Waals surface area contributed by atoms with Crippen molar-refractivity contribution in [1.82, 2.24) is 10.2 Å². The molecule has 3 unspecified atom stereocenters. The lowest BCUT2D eigenvalue weighted by Gasteiger charge is -2.35. The Balaban J connectivity index is 4.98. The number of rotatable bonds is 18. The molecule has 0 aliphatic carbocycles. The summed E-state index contributed by atoms with van der Waals surface area (Å²) in [5.41, 5.74) is -0.704. The summed E-state index contributed by atoms with van der Waals surface area (Å²) >= 11 is 0. The summed E-state index contributed by atoms with van der Waals surface area (Å²) < 4.78 is 43.7. The maximum Gasteiger partial charge on any atom is 0.394 e. The van der Waals surface area contributed by atoms with Gasteiger partial charge in [0.05, 0.1) is 17.6 Å². The molecule has 0 rings (SSSR count). The third-order valence-corrected chi connectivity index (χ3v) is 7.14. The van der Waals surface area contributed by atoms with Gasteiger partial charge in [0.15, 0.2) is 0 Å². The summed E-state index contributed by atoms with van der Waals surface area (Å²) in [6, 6.07) is 0. The molecule has 0 aliphatic rings. The van der Waals surface area contributed by atoms with E-state index in [0.717, 1.165) is 32.1 Å². The van der Waals surface area contributed by atoms with Gasteiger partial charge in [-0.3, -0.25) is 4.79 Å². The van der Waals surface area contributed by atoms with E-state index in [-0.39, 0.29) is 29.0 Å². The molecule has 7 heteroatoms. The first-order chi connectivity index (χ1) is 15.7. The predicted octanol–water partition coefficient (Wildman–Crippen LogP) is 7.26. The van der Waals surface area contributed by atoms with E-state index in [1.807, 2.05) is 19.9 Å². The first-order valence-electron chi connectivity index (χ1n) is 12.7. The quantitative estimate of drug-likeness (QED) is 0.162. The smallest absolute Gasteiger partial charge is 0.378 e. The molecule has 1 N–H and O–H groups in total. The van der Waals surface area contributed by atoms with Crippen molar-refractivity contribution in [1.29, 1.82) is 0 Å². The van der Waals surface area contributed by atoms with Crippen LogP contribution in [0.15, 0.2) is 24.9 Å². The third-order valence-electron chi connectivity index (χ3n) is 7.14. The Labute approximate surface area is 206 Å². The van der Waals surface area contributed by atoms with E-state index in [9.17, 15) is 18.0 Å². The molecule has 34 heavy (non-hydrogen) atoms. The Bertz CT molecular complexity index is 638. The zero-order chi connectivity index (χ0) is 26.6. The van der Waals surface area contributed by atoms with Gasteiger partial charge < -0.3 is 15.0 Å². The highest BCUT2D eigenvalue weighted by Gasteiger charge is 2.33. The number of amides is 1. The van der Waals surface area contributed by atoms with Crippen molar-refractivity contribution in [3.05, 3.63) is 24.9 Å². The first-order valence-corrected chi connectivity index (χ1v) is 12.7. The van der Waals surface area contributed by atoms with E-state index in [0.29, 0.717) is 26.0 Å². The normalized spacial score (nSPS) is 17.2. The van der Waals surface area contributed by atoms with Crippen molar-refractivity contribution in [3.8, 4) is 0 Å². The molecule has 0 saturated heterocycles. The van der Waals surface area contributed by atoms with Crippen LogP contribution in [0.3, 0.4) is 0 Å². The number of carbonyl (C=O) groups is 1. The van der Waals surface area contributed by atoms with Crippen LogP contribution >= 0.6 is 0 Å². The van der Waals surface area contributed by atoms with E-state index >= 15 is 0 Å². The number of ether oxygens (including phenoxy) is 1. The van der Waals surface area contributed by atoms with Gasteiger partial charge in [-0.15, -0.1) is 6.58 Å². The van der Waals surface area contributed by atoms with Gasteiger partial charge in [0.1, 0.15) is 0 Å². The Hall–Kier alpha value is -1.50. The lowest BCUT2D eigenvalue weighted by atomic mass is 9.84. The van der Waals surface area contributed by atoms with Crippen LogP contribution in [-0.4, -0.2) is 48.3 Å². The summed E-state index contributed by atoms with van der Waals surface area (Å²) in [6.45, 7) is 21.0. The van der Waals surface area contributed by atoms with Crippen molar-refractivity contribution in [2.45, 2.75) is 110 Å². The molecule has 200 valence electrons. The SMILES string of the molecule is C=CC(C)(CC[C@@](C)(CC)OCC)NC(=O)C(CCCCN(C)C(=C)CC(F)(F)F)C(C)CC. The largest absolute Gasteiger partial charge is 0.394 e. The number of nitrogens with zero attached hydrogens (tertiary/aromatic N) is 1. The molecule has 0 aromatic heterocycles. The van der Waals surface area contributed by atoms with Gasteiger partial charge >= 0.3 is 6.18 Å². The van der Waals surface area contributed by atoms with Crippen LogP contribution in [0.4, 0.5) is 13.2 Å².